The van der Waals surface area contributed by atoms with E-state index in [-0.39, 0.29) is 10.8 Å². The Morgan fingerprint density at radius 3 is 2.56 bits per heavy atom. The number of pyridine rings is 1. The van der Waals surface area contributed by atoms with Gasteiger partial charge in [0.05, 0.1) is 0 Å². The third kappa shape index (κ3) is 2.68. The van der Waals surface area contributed by atoms with Crippen LogP contribution in [0.15, 0.2) is 47.5 Å². The first kappa shape index (κ1) is 12.6. The molecule has 0 amide bonds. The molecule has 2 rings (SSSR count). The van der Waals surface area contributed by atoms with Gasteiger partial charge in [0.25, 0.3) is 0 Å². The van der Waals surface area contributed by atoms with Crippen LogP contribution in [0.25, 0.3) is 0 Å². The van der Waals surface area contributed by atoms with Crippen LogP contribution in [-0.2, 0) is 10.1 Å². The fraction of sp³-hybridized carbons (Fsp3) is 0.154. The van der Waals surface area contributed by atoms with Crippen LogP contribution in [0.3, 0.4) is 0 Å². The average Bonchev–Trinajstić information content (AvgIpc) is 2.33. The molecule has 1 aromatic heterocycles. The van der Waals surface area contributed by atoms with Crippen molar-refractivity contribution in [3.63, 3.8) is 0 Å². The van der Waals surface area contributed by atoms with Gasteiger partial charge in [-0.1, -0.05) is 18.2 Å². The largest absolute Gasteiger partial charge is 0.358 e. The van der Waals surface area contributed by atoms with Crippen molar-refractivity contribution < 1.29 is 12.6 Å². The van der Waals surface area contributed by atoms with Gasteiger partial charge in [-0.2, -0.15) is 8.42 Å². The summed E-state index contributed by atoms with van der Waals surface area (Å²) in [4.78, 5) is 4.01. The molecule has 4 nitrogen and oxygen atoms in total. The SMILES string of the molecule is Cc1ccc(C)c(S(=O)(=O)Oc2ccccn2)c1. The summed E-state index contributed by atoms with van der Waals surface area (Å²) in [5, 5.41) is 0. The predicted molar refractivity (Wildman–Crippen MR) is 68.0 cm³/mol. The fourth-order valence-electron chi connectivity index (χ4n) is 1.53. The van der Waals surface area contributed by atoms with E-state index in [0.717, 1.165) is 5.56 Å². The molecule has 0 aliphatic heterocycles. The van der Waals surface area contributed by atoms with Gasteiger partial charge in [-0.05, 0) is 37.1 Å². The molecule has 0 spiro atoms. The van der Waals surface area contributed by atoms with E-state index < -0.39 is 10.1 Å². The smallest absolute Gasteiger partial charge is 0.340 e. The summed E-state index contributed by atoms with van der Waals surface area (Å²) in [6, 6.07) is 10.1. The molecule has 94 valence electrons. The summed E-state index contributed by atoms with van der Waals surface area (Å²) in [6.45, 7) is 3.56. The summed E-state index contributed by atoms with van der Waals surface area (Å²) in [5.74, 6) is 0.0680. The minimum Gasteiger partial charge on any atom is -0.358 e. The van der Waals surface area contributed by atoms with E-state index in [9.17, 15) is 8.42 Å². The van der Waals surface area contributed by atoms with Crippen LogP contribution in [0.4, 0.5) is 0 Å². The number of hydrogen-bond donors (Lipinski definition) is 0. The first-order valence-corrected chi connectivity index (χ1v) is 6.83. The van der Waals surface area contributed by atoms with Crippen LogP contribution >= 0.6 is 0 Å². The van der Waals surface area contributed by atoms with Crippen LogP contribution in [0.1, 0.15) is 11.1 Å². The quantitative estimate of drug-likeness (QED) is 0.798. The Morgan fingerprint density at radius 1 is 1.11 bits per heavy atom. The lowest BCUT2D eigenvalue weighted by molar-refractivity contribution is 0.475. The highest BCUT2D eigenvalue weighted by molar-refractivity contribution is 7.87. The summed E-state index contributed by atoms with van der Waals surface area (Å²) >= 11 is 0. The Kier molecular flexibility index (Phi) is 3.34. The van der Waals surface area contributed by atoms with Crippen molar-refractivity contribution in [2.75, 3.05) is 0 Å². The molecular formula is C13H13NO3S. The zero-order valence-corrected chi connectivity index (χ0v) is 10.9. The lowest BCUT2D eigenvalue weighted by Gasteiger charge is -2.09. The van der Waals surface area contributed by atoms with Gasteiger partial charge in [-0.25, -0.2) is 4.98 Å². The first-order valence-electron chi connectivity index (χ1n) is 5.42. The zero-order chi connectivity index (χ0) is 13.2. The van der Waals surface area contributed by atoms with Gasteiger partial charge >= 0.3 is 10.1 Å². The van der Waals surface area contributed by atoms with E-state index in [2.05, 4.69) is 4.98 Å². The molecule has 0 aliphatic carbocycles. The molecule has 5 heteroatoms. The molecule has 0 radical (unpaired) electrons. The number of nitrogens with zero attached hydrogens (tertiary/aromatic N) is 1. The van der Waals surface area contributed by atoms with Crippen molar-refractivity contribution in [1.82, 2.24) is 4.98 Å². The Morgan fingerprint density at radius 2 is 1.89 bits per heavy atom. The zero-order valence-electron chi connectivity index (χ0n) is 10.1. The highest BCUT2D eigenvalue weighted by Crippen LogP contribution is 2.20. The Balaban J connectivity index is 2.40. The molecule has 0 aliphatic rings. The van der Waals surface area contributed by atoms with E-state index in [1.165, 1.54) is 12.3 Å². The molecule has 0 saturated heterocycles. The first-order chi connectivity index (χ1) is 8.49. The second-order valence-corrected chi connectivity index (χ2v) is 5.49. The van der Waals surface area contributed by atoms with Crippen molar-refractivity contribution in [2.45, 2.75) is 18.7 Å². The number of aryl methyl sites for hydroxylation is 2. The molecule has 0 unspecified atom stereocenters. The maximum atomic E-state index is 12.1. The Hall–Kier alpha value is -1.88. The topological polar surface area (TPSA) is 56.3 Å². The van der Waals surface area contributed by atoms with E-state index in [4.69, 9.17) is 4.18 Å². The van der Waals surface area contributed by atoms with Crippen LogP contribution < -0.4 is 4.18 Å². The van der Waals surface area contributed by atoms with E-state index in [1.54, 1.807) is 31.2 Å². The van der Waals surface area contributed by atoms with E-state index in [1.807, 2.05) is 13.0 Å². The monoisotopic (exact) mass is 263 g/mol. The summed E-state index contributed by atoms with van der Waals surface area (Å²) in [5.41, 5.74) is 1.51. The summed E-state index contributed by atoms with van der Waals surface area (Å²) < 4.78 is 29.2. The molecule has 0 fully saturated rings. The molecule has 1 heterocycles. The number of aromatic nitrogens is 1. The summed E-state index contributed by atoms with van der Waals surface area (Å²) in [7, 11) is -3.83. The third-order valence-corrected chi connectivity index (χ3v) is 3.81. The molecular weight excluding hydrogens is 250 g/mol. The minimum absolute atomic E-state index is 0.0680. The highest BCUT2D eigenvalue weighted by atomic mass is 32.2. The average molecular weight is 263 g/mol. The second kappa shape index (κ2) is 4.78. The minimum atomic E-state index is -3.83. The molecule has 1 aromatic carbocycles. The number of hydrogen-bond acceptors (Lipinski definition) is 4. The lowest BCUT2D eigenvalue weighted by atomic mass is 10.2. The van der Waals surface area contributed by atoms with Gasteiger partial charge in [0.2, 0.25) is 5.88 Å². The standard InChI is InChI=1S/C13H13NO3S/c1-10-6-7-11(2)12(9-10)18(15,16)17-13-5-3-4-8-14-13/h3-9H,1-2H3. The Bertz CT molecular complexity index is 651. The van der Waals surface area contributed by atoms with Gasteiger partial charge < -0.3 is 4.18 Å². The summed E-state index contributed by atoms with van der Waals surface area (Å²) in [6.07, 6.45) is 1.48. The van der Waals surface area contributed by atoms with Crippen LogP contribution in [0, 0.1) is 13.8 Å². The van der Waals surface area contributed by atoms with Gasteiger partial charge in [-0.3, -0.25) is 0 Å². The second-order valence-electron chi connectivity index (χ2n) is 3.97. The molecule has 18 heavy (non-hydrogen) atoms. The van der Waals surface area contributed by atoms with Crippen molar-refractivity contribution in [3.8, 4) is 5.88 Å². The fourth-order valence-corrected chi connectivity index (χ4v) is 2.74. The van der Waals surface area contributed by atoms with Gasteiger partial charge in [0.15, 0.2) is 0 Å². The normalized spacial score (nSPS) is 11.2. The molecule has 2 aromatic rings. The molecule has 0 bridgehead atoms. The predicted octanol–water partition coefficient (Wildman–Crippen LogP) is 2.47. The van der Waals surface area contributed by atoms with Crippen molar-refractivity contribution in [3.05, 3.63) is 53.7 Å². The van der Waals surface area contributed by atoms with Gasteiger partial charge in [-0.15, -0.1) is 0 Å². The van der Waals surface area contributed by atoms with Crippen molar-refractivity contribution >= 4 is 10.1 Å². The van der Waals surface area contributed by atoms with Crippen molar-refractivity contribution in [2.24, 2.45) is 0 Å². The van der Waals surface area contributed by atoms with E-state index in [0.29, 0.717) is 5.56 Å². The van der Waals surface area contributed by atoms with Crippen LogP contribution in [-0.4, -0.2) is 13.4 Å². The highest BCUT2D eigenvalue weighted by Gasteiger charge is 2.19. The lowest BCUT2D eigenvalue weighted by Crippen LogP contribution is -2.12. The van der Waals surface area contributed by atoms with Crippen molar-refractivity contribution in [1.29, 1.82) is 0 Å². The van der Waals surface area contributed by atoms with E-state index >= 15 is 0 Å². The molecule has 0 saturated carbocycles. The van der Waals surface area contributed by atoms with Gasteiger partial charge in [0, 0.05) is 12.3 Å². The molecule has 0 atom stereocenters. The maximum Gasteiger partial charge on any atom is 0.340 e. The van der Waals surface area contributed by atoms with Crippen LogP contribution in [0.2, 0.25) is 0 Å². The third-order valence-electron chi connectivity index (χ3n) is 2.45. The number of rotatable bonds is 3. The number of benzene rings is 1. The van der Waals surface area contributed by atoms with Crippen LogP contribution in [0.5, 0.6) is 5.88 Å². The molecule has 0 N–H and O–H groups in total. The Labute approximate surface area is 106 Å². The van der Waals surface area contributed by atoms with Gasteiger partial charge in [0.1, 0.15) is 4.90 Å². The maximum absolute atomic E-state index is 12.1.